The van der Waals surface area contributed by atoms with Crippen LogP contribution in [0.5, 0.6) is 5.75 Å². The van der Waals surface area contributed by atoms with Gasteiger partial charge in [-0.25, -0.2) is 4.79 Å². The Balaban J connectivity index is 1.72. The second-order valence-corrected chi connectivity index (χ2v) is 8.97. The van der Waals surface area contributed by atoms with Gasteiger partial charge in [0, 0.05) is 18.4 Å². The summed E-state index contributed by atoms with van der Waals surface area (Å²) in [5, 5.41) is 41.1. The number of hydrogen-bond acceptors (Lipinski definition) is 9. The van der Waals surface area contributed by atoms with Gasteiger partial charge in [0.1, 0.15) is 18.0 Å². The Hall–Kier alpha value is -2.88. The molecule has 0 bridgehead atoms. The Morgan fingerprint density at radius 1 is 1.29 bits per heavy atom. The largest absolute Gasteiger partial charge is 0.508 e. The molecule has 0 saturated heterocycles. The van der Waals surface area contributed by atoms with Gasteiger partial charge in [-0.3, -0.25) is 4.79 Å². The first-order valence-corrected chi connectivity index (χ1v) is 11.4. The van der Waals surface area contributed by atoms with Crippen molar-refractivity contribution in [2.24, 2.45) is 17.8 Å². The van der Waals surface area contributed by atoms with E-state index in [2.05, 4.69) is 0 Å². The number of aliphatic hydroxyl groups is 3. The highest BCUT2D eigenvalue weighted by Gasteiger charge is 2.61. The predicted molar refractivity (Wildman–Crippen MR) is 121 cm³/mol. The molecule has 6 atom stereocenters. The van der Waals surface area contributed by atoms with Crippen LogP contribution < -0.4 is 0 Å². The van der Waals surface area contributed by atoms with E-state index in [1.54, 1.807) is 12.1 Å². The second kappa shape index (κ2) is 11.0. The van der Waals surface area contributed by atoms with E-state index in [4.69, 9.17) is 14.2 Å². The molecule has 1 fully saturated rings. The minimum Gasteiger partial charge on any atom is -0.508 e. The van der Waals surface area contributed by atoms with Crippen molar-refractivity contribution in [3.05, 3.63) is 47.7 Å². The summed E-state index contributed by atoms with van der Waals surface area (Å²) in [5.41, 5.74) is -0.850. The molecule has 34 heavy (non-hydrogen) atoms. The van der Waals surface area contributed by atoms with Crippen molar-refractivity contribution >= 4 is 18.0 Å². The molecule has 1 heterocycles. The quantitative estimate of drug-likeness (QED) is 0.310. The average molecular weight is 477 g/mol. The smallest absolute Gasteiger partial charge is 0.330 e. The Morgan fingerprint density at radius 2 is 2.00 bits per heavy atom. The molecule has 1 saturated carbocycles. The summed E-state index contributed by atoms with van der Waals surface area (Å²) < 4.78 is 16.3. The van der Waals surface area contributed by atoms with Gasteiger partial charge in [-0.1, -0.05) is 32.4 Å². The zero-order valence-corrected chi connectivity index (χ0v) is 19.3. The minimum atomic E-state index is -1.96. The van der Waals surface area contributed by atoms with Crippen molar-refractivity contribution in [3.63, 3.8) is 0 Å². The van der Waals surface area contributed by atoms with E-state index in [0.717, 1.165) is 12.5 Å². The number of fused-ring (bicyclic) bond motifs is 1. The van der Waals surface area contributed by atoms with Crippen molar-refractivity contribution in [1.29, 1.82) is 0 Å². The molecule has 0 aromatic heterocycles. The van der Waals surface area contributed by atoms with Gasteiger partial charge in [-0.2, -0.15) is 0 Å². The van der Waals surface area contributed by atoms with Crippen LogP contribution in [0.3, 0.4) is 0 Å². The van der Waals surface area contributed by atoms with Crippen molar-refractivity contribution in [2.45, 2.75) is 51.1 Å². The molecular weight excluding hydrogens is 444 g/mol. The number of hydrogen-bond donors (Lipinski definition) is 4. The molecule has 186 valence electrons. The van der Waals surface area contributed by atoms with Gasteiger partial charge in [0.2, 0.25) is 6.29 Å². The molecule has 9 nitrogen and oxygen atoms in total. The Labute approximate surface area is 198 Å². The van der Waals surface area contributed by atoms with E-state index in [0.29, 0.717) is 11.1 Å². The van der Waals surface area contributed by atoms with Crippen LogP contribution in [-0.4, -0.2) is 63.6 Å². The lowest BCUT2D eigenvalue weighted by Gasteiger charge is -2.40. The Morgan fingerprint density at radius 3 is 2.65 bits per heavy atom. The number of phenolic OH excluding ortho intramolecular Hbond substituents is 1. The number of esters is 2. The van der Waals surface area contributed by atoms with Gasteiger partial charge in [-0.15, -0.1) is 0 Å². The van der Waals surface area contributed by atoms with E-state index in [-0.39, 0.29) is 31.1 Å². The number of rotatable bonds is 9. The predicted octanol–water partition coefficient (Wildman–Crippen LogP) is 1.89. The van der Waals surface area contributed by atoms with Gasteiger partial charge in [0.15, 0.2) is 0 Å². The number of aliphatic hydroxyl groups excluding tert-OH is 2. The fourth-order valence-corrected chi connectivity index (χ4v) is 4.33. The molecule has 3 rings (SSSR count). The van der Waals surface area contributed by atoms with Crippen molar-refractivity contribution in [1.82, 2.24) is 0 Å². The van der Waals surface area contributed by atoms with Crippen LogP contribution in [-0.2, 0) is 23.8 Å². The summed E-state index contributed by atoms with van der Waals surface area (Å²) in [6.45, 7) is 2.95. The van der Waals surface area contributed by atoms with Crippen LogP contribution in [0.4, 0.5) is 0 Å². The molecule has 2 aliphatic rings. The van der Waals surface area contributed by atoms with Crippen LogP contribution in [0.2, 0.25) is 0 Å². The summed E-state index contributed by atoms with van der Waals surface area (Å²) in [5.74, 6) is -2.52. The number of carbonyl (C=O) groups excluding carboxylic acids is 2. The molecule has 9 heteroatoms. The number of phenols is 1. The lowest BCUT2D eigenvalue weighted by molar-refractivity contribution is -0.221. The van der Waals surface area contributed by atoms with Crippen molar-refractivity contribution in [2.75, 3.05) is 13.2 Å². The molecule has 1 aromatic rings. The van der Waals surface area contributed by atoms with E-state index in [1.165, 1.54) is 24.5 Å². The standard InChI is InChI=1S/C25H32O9/c1-3-15(2)10-22(30)34-24-23-19(17(12-26)13-32-24)11-20(28)25(23,31)14-33-21(29)9-6-16-4-7-18(27)8-5-16/h4-9,13,15,19-20,23-24,26-28,31H,3,10-12,14H2,1-2H3. The van der Waals surface area contributed by atoms with Gasteiger partial charge < -0.3 is 34.6 Å². The highest BCUT2D eigenvalue weighted by atomic mass is 16.7. The highest BCUT2D eigenvalue weighted by molar-refractivity contribution is 5.87. The molecule has 6 unspecified atom stereocenters. The third kappa shape index (κ3) is 5.78. The third-order valence-electron chi connectivity index (χ3n) is 6.58. The molecule has 1 aromatic carbocycles. The molecular formula is C25H32O9. The summed E-state index contributed by atoms with van der Waals surface area (Å²) >= 11 is 0. The van der Waals surface area contributed by atoms with Crippen LogP contribution in [0.25, 0.3) is 6.08 Å². The SMILES string of the molecule is CCC(C)CC(=O)OC1OC=C(CO)C2CC(O)C(O)(COC(=O)C=Cc3ccc(O)cc3)C12. The minimum absolute atomic E-state index is 0.0806. The van der Waals surface area contributed by atoms with Gasteiger partial charge in [-0.05, 0) is 41.7 Å². The van der Waals surface area contributed by atoms with Crippen LogP contribution in [0.1, 0.15) is 38.7 Å². The molecule has 0 amide bonds. The second-order valence-electron chi connectivity index (χ2n) is 8.97. The first-order valence-electron chi connectivity index (χ1n) is 11.4. The van der Waals surface area contributed by atoms with Crippen molar-refractivity contribution in [3.8, 4) is 5.75 Å². The molecule has 4 N–H and O–H groups in total. The van der Waals surface area contributed by atoms with E-state index < -0.39 is 48.4 Å². The number of benzene rings is 1. The maximum absolute atomic E-state index is 12.4. The Kier molecular flexibility index (Phi) is 8.35. The zero-order valence-electron chi connectivity index (χ0n) is 19.3. The number of carbonyl (C=O) groups is 2. The highest BCUT2D eigenvalue weighted by Crippen LogP contribution is 2.49. The van der Waals surface area contributed by atoms with E-state index in [1.807, 2.05) is 13.8 Å². The summed E-state index contributed by atoms with van der Waals surface area (Å²) in [7, 11) is 0. The number of aromatic hydroxyl groups is 1. The van der Waals surface area contributed by atoms with E-state index in [9.17, 15) is 30.0 Å². The third-order valence-corrected chi connectivity index (χ3v) is 6.58. The zero-order chi connectivity index (χ0) is 24.9. The summed E-state index contributed by atoms with van der Waals surface area (Å²) in [6, 6.07) is 6.17. The maximum atomic E-state index is 12.4. The fourth-order valence-electron chi connectivity index (χ4n) is 4.33. The lowest BCUT2D eigenvalue weighted by atomic mass is 9.80. The summed E-state index contributed by atoms with van der Waals surface area (Å²) in [6.07, 6.45) is 2.48. The molecule has 1 aliphatic carbocycles. The van der Waals surface area contributed by atoms with Crippen molar-refractivity contribution < 1.29 is 44.2 Å². The van der Waals surface area contributed by atoms with Crippen LogP contribution in [0, 0.1) is 17.8 Å². The Bertz CT molecular complexity index is 923. The first-order chi connectivity index (χ1) is 16.2. The first kappa shape index (κ1) is 25.7. The van der Waals surface area contributed by atoms with Gasteiger partial charge >= 0.3 is 11.9 Å². The van der Waals surface area contributed by atoms with E-state index >= 15 is 0 Å². The van der Waals surface area contributed by atoms with Crippen LogP contribution >= 0.6 is 0 Å². The topological polar surface area (TPSA) is 143 Å². The summed E-state index contributed by atoms with van der Waals surface area (Å²) in [4.78, 5) is 24.7. The fraction of sp³-hybridized carbons (Fsp3) is 0.520. The molecule has 0 radical (unpaired) electrons. The molecule has 0 spiro atoms. The average Bonchev–Trinajstić information content (AvgIpc) is 3.08. The van der Waals surface area contributed by atoms with Gasteiger partial charge in [0.05, 0.1) is 24.9 Å². The lowest BCUT2D eigenvalue weighted by Crippen LogP contribution is -2.54. The maximum Gasteiger partial charge on any atom is 0.330 e. The monoisotopic (exact) mass is 476 g/mol. The van der Waals surface area contributed by atoms with Gasteiger partial charge in [0.25, 0.3) is 0 Å². The van der Waals surface area contributed by atoms with Crippen LogP contribution in [0.15, 0.2) is 42.2 Å². The molecule has 1 aliphatic heterocycles. The normalized spacial score (nSPS) is 29.1. The number of ether oxygens (including phenoxy) is 3.